The molecule has 2 aromatic rings. The third-order valence-electron chi connectivity index (χ3n) is 4.86. The van der Waals surface area contributed by atoms with Crippen LogP contribution in [-0.4, -0.2) is 42.2 Å². The monoisotopic (exact) mass is 342 g/mol. The van der Waals surface area contributed by atoms with Gasteiger partial charge in [-0.05, 0) is 62.5 Å². The third kappa shape index (κ3) is 4.75. The molecule has 1 aliphatic heterocycles. The number of hydrogen-bond acceptors (Lipinski definition) is 2. The molecule has 2 amide bonds. The van der Waals surface area contributed by atoms with E-state index >= 15 is 0 Å². The molecule has 0 spiro atoms. The average molecular weight is 342 g/mol. The highest BCUT2D eigenvalue weighted by Crippen LogP contribution is 2.21. The zero-order valence-electron chi connectivity index (χ0n) is 15.6. The van der Waals surface area contributed by atoms with Crippen molar-refractivity contribution in [2.75, 3.05) is 32.0 Å². The van der Waals surface area contributed by atoms with Crippen LogP contribution in [0.25, 0.3) is 10.9 Å². The van der Waals surface area contributed by atoms with Gasteiger partial charge in [-0.2, -0.15) is 0 Å². The lowest BCUT2D eigenvalue weighted by Crippen LogP contribution is -2.40. The second-order valence-electron chi connectivity index (χ2n) is 7.74. The maximum absolute atomic E-state index is 12.2. The second-order valence-corrected chi connectivity index (χ2v) is 7.74. The van der Waals surface area contributed by atoms with E-state index in [1.165, 1.54) is 24.9 Å². The first kappa shape index (κ1) is 17.8. The van der Waals surface area contributed by atoms with E-state index in [0.717, 1.165) is 30.7 Å². The van der Waals surface area contributed by atoms with E-state index in [1.807, 2.05) is 12.1 Å². The van der Waals surface area contributed by atoms with Crippen LogP contribution in [-0.2, 0) is 6.54 Å². The van der Waals surface area contributed by atoms with Crippen molar-refractivity contribution in [3.05, 3.63) is 30.5 Å². The molecule has 3 rings (SSSR count). The molecule has 1 atom stereocenters. The molecule has 1 saturated heterocycles. The maximum Gasteiger partial charge on any atom is 0.319 e. The van der Waals surface area contributed by atoms with Crippen molar-refractivity contribution in [1.82, 2.24) is 14.8 Å². The fourth-order valence-corrected chi connectivity index (χ4v) is 3.68. The quantitative estimate of drug-likeness (QED) is 0.869. The standard InChI is InChI=1S/C20H30N4O/c1-15(2)13-24-10-8-17-11-18(6-7-19(17)24)22-20(25)21-12-16-5-4-9-23(3)14-16/h6-8,10-11,15-16H,4-5,9,12-14H2,1-3H3,(H2,21,22,25). The minimum absolute atomic E-state index is 0.116. The summed E-state index contributed by atoms with van der Waals surface area (Å²) >= 11 is 0. The molecule has 1 unspecified atom stereocenters. The zero-order chi connectivity index (χ0) is 17.8. The summed E-state index contributed by atoms with van der Waals surface area (Å²) in [6.45, 7) is 8.41. The topological polar surface area (TPSA) is 49.3 Å². The van der Waals surface area contributed by atoms with Crippen LogP contribution in [0.4, 0.5) is 10.5 Å². The molecular weight excluding hydrogens is 312 g/mol. The number of urea groups is 1. The van der Waals surface area contributed by atoms with E-state index in [4.69, 9.17) is 0 Å². The number of rotatable bonds is 5. The summed E-state index contributed by atoms with van der Waals surface area (Å²) in [6.07, 6.45) is 4.53. The zero-order valence-corrected chi connectivity index (χ0v) is 15.6. The Morgan fingerprint density at radius 2 is 2.16 bits per heavy atom. The Morgan fingerprint density at radius 1 is 1.32 bits per heavy atom. The number of anilines is 1. The first-order chi connectivity index (χ1) is 12.0. The molecule has 25 heavy (non-hydrogen) atoms. The smallest absolute Gasteiger partial charge is 0.319 e. The van der Waals surface area contributed by atoms with Crippen LogP contribution in [0.15, 0.2) is 30.5 Å². The lowest BCUT2D eigenvalue weighted by molar-refractivity contribution is 0.204. The average Bonchev–Trinajstić information content (AvgIpc) is 2.95. The van der Waals surface area contributed by atoms with Crippen molar-refractivity contribution in [1.29, 1.82) is 0 Å². The van der Waals surface area contributed by atoms with E-state index in [2.05, 4.69) is 59.3 Å². The summed E-state index contributed by atoms with van der Waals surface area (Å²) in [5.74, 6) is 1.16. The Hall–Kier alpha value is -2.01. The van der Waals surface area contributed by atoms with Crippen LogP contribution in [0.1, 0.15) is 26.7 Å². The fraction of sp³-hybridized carbons (Fsp3) is 0.550. The number of fused-ring (bicyclic) bond motifs is 1. The highest BCUT2D eigenvalue weighted by atomic mass is 16.2. The predicted molar refractivity (Wildman–Crippen MR) is 104 cm³/mol. The molecule has 1 fully saturated rings. The number of benzene rings is 1. The lowest BCUT2D eigenvalue weighted by atomic mass is 9.99. The van der Waals surface area contributed by atoms with Gasteiger partial charge in [0.2, 0.25) is 0 Å². The molecule has 1 aromatic carbocycles. The molecular formula is C20H30N4O. The number of piperidine rings is 1. The summed E-state index contributed by atoms with van der Waals surface area (Å²) in [5.41, 5.74) is 2.05. The highest BCUT2D eigenvalue weighted by molar-refractivity contribution is 5.92. The van der Waals surface area contributed by atoms with Crippen LogP contribution >= 0.6 is 0 Å². The predicted octanol–water partition coefficient (Wildman–Crippen LogP) is 3.76. The van der Waals surface area contributed by atoms with Gasteiger partial charge in [-0.3, -0.25) is 0 Å². The second kappa shape index (κ2) is 7.91. The van der Waals surface area contributed by atoms with Gasteiger partial charge in [0.1, 0.15) is 0 Å². The van der Waals surface area contributed by atoms with E-state index < -0.39 is 0 Å². The van der Waals surface area contributed by atoms with Crippen molar-refractivity contribution in [2.45, 2.75) is 33.2 Å². The van der Waals surface area contributed by atoms with E-state index in [9.17, 15) is 4.79 Å². The molecule has 0 aliphatic carbocycles. The molecule has 5 nitrogen and oxygen atoms in total. The van der Waals surface area contributed by atoms with Gasteiger partial charge < -0.3 is 20.1 Å². The van der Waals surface area contributed by atoms with Gasteiger partial charge in [-0.1, -0.05) is 13.8 Å². The number of nitrogens with zero attached hydrogens (tertiary/aromatic N) is 2. The Bertz CT molecular complexity index is 722. The van der Waals surface area contributed by atoms with Crippen molar-refractivity contribution >= 4 is 22.6 Å². The number of carbonyl (C=O) groups excluding carboxylic acids is 1. The molecule has 1 aromatic heterocycles. The van der Waals surface area contributed by atoms with E-state index in [1.54, 1.807) is 0 Å². The first-order valence-electron chi connectivity index (χ1n) is 9.33. The minimum atomic E-state index is -0.116. The van der Waals surface area contributed by atoms with Crippen molar-refractivity contribution in [2.24, 2.45) is 11.8 Å². The number of hydrogen-bond donors (Lipinski definition) is 2. The van der Waals surface area contributed by atoms with Gasteiger partial charge in [-0.15, -0.1) is 0 Å². The lowest BCUT2D eigenvalue weighted by Gasteiger charge is -2.29. The summed E-state index contributed by atoms with van der Waals surface area (Å²) in [7, 11) is 2.15. The van der Waals surface area contributed by atoms with Crippen LogP contribution in [0.5, 0.6) is 0 Å². The number of likely N-dealkylation sites (tertiary alicyclic amines) is 1. The largest absolute Gasteiger partial charge is 0.347 e. The van der Waals surface area contributed by atoms with Crippen LogP contribution in [0.2, 0.25) is 0 Å². The molecule has 0 bridgehead atoms. The molecule has 136 valence electrons. The number of amides is 2. The van der Waals surface area contributed by atoms with Crippen LogP contribution in [0.3, 0.4) is 0 Å². The normalized spacial score (nSPS) is 18.6. The van der Waals surface area contributed by atoms with Gasteiger partial charge in [0.15, 0.2) is 0 Å². The fourth-order valence-electron chi connectivity index (χ4n) is 3.68. The SMILES string of the molecule is CC(C)Cn1ccc2cc(NC(=O)NCC3CCCN(C)C3)ccc21. The van der Waals surface area contributed by atoms with Crippen LogP contribution in [0, 0.1) is 11.8 Å². The molecule has 0 radical (unpaired) electrons. The summed E-state index contributed by atoms with van der Waals surface area (Å²) in [4.78, 5) is 14.5. The van der Waals surface area contributed by atoms with Gasteiger partial charge >= 0.3 is 6.03 Å². The number of carbonyl (C=O) groups is 1. The molecule has 5 heteroatoms. The number of aromatic nitrogens is 1. The van der Waals surface area contributed by atoms with E-state index in [0.29, 0.717) is 11.8 Å². The first-order valence-corrected chi connectivity index (χ1v) is 9.33. The van der Waals surface area contributed by atoms with Crippen molar-refractivity contribution in [3.8, 4) is 0 Å². The minimum Gasteiger partial charge on any atom is -0.347 e. The van der Waals surface area contributed by atoms with Crippen molar-refractivity contribution < 1.29 is 4.79 Å². The molecule has 2 N–H and O–H groups in total. The third-order valence-corrected chi connectivity index (χ3v) is 4.86. The van der Waals surface area contributed by atoms with Crippen LogP contribution < -0.4 is 10.6 Å². The highest BCUT2D eigenvalue weighted by Gasteiger charge is 2.17. The summed E-state index contributed by atoms with van der Waals surface area (Å²) in [5, 5.41) is 7.14. The Morgan fingerprint density at radius 3 is 2.92 bits per heavy atom. The van der Waals surface area contributed by atoms with Crippen molar-refractivity contribution in [3.63, 3.8) is 0 Å². The molecule has 0 saturated carbocycles. The summed E-state index contributed by atoms with van der Waals surface area (Å²) < 4.78 is 2.27. The van der Waals surface area contributed by atoms with Gasteiger partial charge in [0.05, 0.1) is 0 Å². The Labute approximate surface area is 150 Å². The number of nitrogens with one attached hydrogen (secondary N) is 2. The van der Waals surface area contributed by atoms with Gasteiger partial charge in [-0.25, -0.2) is 4.79 Å². The van der Waals surface area contributed by atoms with Gasteiger partial charge in [0, 0.05) is 42.4 Å². The summed E-state index contributed by atoms with van der Waals surface area (Å²) in [6, 6.07) is 8.10. The molecule has 2 heterocycles. The Kier molecular flexibility index (Phi) is 5.63. The molecule has 1 aliphatic rings. The van der Waals surface area contributed by atoms with Gasteiger partial charge in [0.25, 0.3) is 0 Å². The Balaban J connectivity index is 1.56. The maximum atomic E-state index is 12.2. The van der Waals surface area contributed by atoms with E-state index in [-0.39, 0.29) is 6.03 Å².